The van der Waals surface area contributed by atoms with Crippen molar-refractivity contribution in [2.75, 3.05) is 54.2 Å². The lowest BCUT2D eigenvalue weighted by molar-refractivity contribution is 0.0480. The SMILES string of the molecule is CO[Si](CCCN(C(=O)N1CCOCC1)[Si](C)(C)C)(OC)OC. The van der Waals surface area contributed by atoms with E-state index in [1.165, 1.54) is 0 Å². The fourth-order valence-corrected chi connectivity index (χ4v) is 5.90. The van der Waals surface area contributed by atoms with Crippen molar-refractivity contribution in [3.63, 3.8) is 0 Å². The van der Waals surface area contributed by atoms with Crippen LogP contribution in [0, 0.1) is 0 Å². The highest BCUT2D eigenvalue weighted by Gasteiger charge is 2.38. The third-order valence-corrected chi connectivity index (χ3v) is 8.99. The molecule has 9 heteroatoms. The molecule has 0 spiro atoms. The van der Waals surface area contributed by atoms with Crippen molar-refractivity contribution in [1.82, 2.24) is 9.47 Å². The molecule has 2 amide bonds. The van der Waals surface area contributed by atoms with Gasteiger partial charge >= 0.3 is 14.8 Å². The summed E-state index contributed by atoms with van der Waals surface area (Å²) in [6.45, 7) is 9.88. The van der Waals surface area contributed by atoms with Crippen LogP contribution in [0.2, 0.25) is 25.7 Å². The van der Waals surface area contributed by atoms with Gasteiger partial charge in [0.2, 0.25) is 0 Å². The zero-order valence-electron chi connectivity index (χ0n) is 15.4. The normalized spacial score (nSPS) is 16.5. The van der Waals surface area contributed by atoms with Crippen LogP contribution in [0.5, 0.6) is 0 Å². The molecule has 23 heavy (non-hydrogen) atoms. The predicted molar refractivity (Wildman–Crippen MR) is 94.0 cm³/mol. The summed E-state index contributed by atoms with van der Waals surface area (Å²) in [5, 5.41) is 0. The summed E-state index contributed by atoms with van der Waals surface area (Å²) < 4.78 is 23.8. The number of ether oxygens (including phenoxy) is 1. The first kappa shape index (κ1) is 20.6. The maximum Gasteiger partial charge on any atom is 0.500 e. The van der Waals surface area contributed by atoms with E-state index in [0.29, 0.717) is 38.9 Å². The molecule has 0 radical (unpaired) electrons. The highest BCUT2D eigenvalue weighted by molar-refractivity contribution is 6.75. The van der Waals surface area contributed by atoms with E-state index in [1.54, 1.807) is 21.3 Å². The number of nitrogens with zero attached hydrogens (tertiary/aromatic N) is 2. The second kappa shape index (κ2) is 9.14. The Morgan fingerprint density at radius 2 is 1.61 bits per heavy atom. The van der Waals surface area contributed by atoms with E-state index in [4.69, 9.17) is 18.0 Å². The van der Waals surface area contributed by atoms with Crippen LogP contribution < -0.4 is 0 Å². The minimum absolute atomic E-state index is 0.131. The summed E-state index contributed by atoms with van der Waals surface area (Å²) in [7, 11) is 0.518. The second-order valence-electron chi connectivity index (χ2n) is 6.60. The average molecular weight is 365 g/mol. The number of urea groups is 1. The van der Waals surface area contributed by atoms with Gasteiger partial charge in [-0.3, -0.25) is 0 Å². The van der Waals surface area contributed by atoms with Crippen LogP contribution in [0.15, 0.2) is 0 Å². The van der Waals surface area contributed by atoms with E-state index in [1.807, 2.05) is 4.90 Å². The molecule has 0 bridgehead atoms. The summed E-state index contributed by atoms with van der Waals surface area (Å²) in [6, 6.07) is 0.834. The second-order valence-corrected chi connectivity index (χ2v) is 14.6. The van der Waals surface area contributed by atoms with Crippen molar-refractivity contribution in [3.8, 4) is 0 Å². The summed E-state index contributed by atoms with van der Waals surface area (Å²) in [5.74, 6) is 0. The molecule has 1 aliphatic rings. The van der Waals surface area contributed by atoms with Crippen molar-refractivity contribution in [2.24, 2.45) is 0 Å². The highest BCUT2D eigenvalue weighted by atomic mass is 28.4. The van der Waals surface area contributed by atoms with E-state index in [9.17, 15) is 4.79 Å². The van der Waals surface area contributed by atoms with Crippen LogP contribution >= 0.6 is 0 Å². The monoisotopic (exact) mass is 364 g/mol. The lowest BCUT2D eigenvalue weighted by Gasteiger charge is -2.40. The molecule has 1 fully saturated rings. The summed E-state index contributed by atoms with van der Waals surface area (Å²) in [4.78, 5) is 14.8. The fraction of sp³-hybridized carbons (Fsp3) is 0.929. The van der Waals surface area contributed by atoms with Crippen molar-refractivity contribution in [3.05, 3.63) is 0 Å². The number of carbonyl (C=O) groups excluding carboxylic acids is 1. The summed E-state index contributed by atoms with van der Waals surface area (Å²) in [5.41, 5.74) is 0. The highest BCUT2D eigenvalue weighted by Crippen LogP contribution is 2.19. The molecular weight excluding hydrogens is 332 g/mol. The fourth-order valence-electron chi connectivity index (χ4n) is 2.65. The molecule has 0 aromatic rings. The van der Waals surface area contributed by atoms with Gasteiger partial charge in [-0.25, -0.2) is 4.79 Å². The van der Waals surface area contributed by atoms with Gasteiger partial charge in [0.05, 0.1) is 13.2 Å². The van der Waals surface area contributed by atoms with Gasteiger partial charge < -0.3 is 27.5 Å². The van der Waals surface area contributed by atoms with Crippen LogP contribution in [-0.4, -0.2) is 86.7 Å². The Bertz CT molecular complexity index is 360. The Hall–Kier alpha value is -0.456. The lowest BCUT2D eigenvalue weighted by atomic mass is 10.4. The van der Waals surface area contributed by atoms with Crippen molar-refractivity contribution in [2.45, 2.75) is 32.1 Å². The number of hydrogen-bond acceptors (Lipinski definition) is 5. The molecule has 0 saturated carbocycles. The van der Waals surface area contributed by atoms with Gasteiger partial charge in [0.1, 0.15) is 0 Å². The lowest BCUT2D eigenvalue weighted by Crippen LogP contribution is -2.57. The van der Waals surface area contributed by atoms with E-state index in [-0.39, 0.29) is 6.03 Å². The first-order chi connectivity index (χ1) is 10.8. The Morgan fingerprint density at radius 3 is 2.04 bits per heavy atom. The van der Waals surface area contributed by atoms with Crippen LogP contribution in [0.25, 0.3) is 0 Å². The molecule has 0 aromatic carbocycles. The minimum Gasteiger partial charge on any atom is -0.378 e. The summed E-state index contributed by atoms with van der Waals surface area (Å²) in [6.07, 6.45) is 0.808. The first-order valence-electron chi connectivity index (χ1n) is 8.09. The average Bonchev–Trinajstić information content (AvgIpc) is 2.55. The van der Waals surface area contributed by atoms with Crippen LogP contribution in [-0.2, 0) is 18.0 Å². The minimum atomic E-state index is -2.57. The van der Waals surface area contributed by atoms with Crippen LogP contribution in [0.1, 0.15) is 6.42 Å². The molecule has 0 atom stereocenters. The van der Waals surface area contributed by atoms with Gasteiger partial charge in [0, 0.05) is 47.0 Å². The molecule has 1 heterocycles. The Morgan fingerprint density at radius 1 is 1.09 bits per heavy atom. The number of amides is 2. The van der Waals surface area contributed by atoms with Gasteiger partial charge in [-0.05, 0) is 6.42 Å². The third kappa shape index (κ3) is 5.84. The van der Waals surface area contributed by atoms with Gasteiger partial charge in [-0.15, -0.1) is 0 Å². The third-order valence-electron chi connectivity index (χ3n) is 4.12. The molecule has 0 unspecified atom stereocenters. The van der Waals surface area contributed by atoms with Crippen molar-refractivity contribution < 1.29 is 22.8 Å². The topological polar surface area (TPSA) is 60.5 Å². The molecule has 1 aliphatic heterocycles. The predicted octanol–water partition coefficient (Wildman–Crippen LogP) is 1.84. The van der Waals surface area contributed by atoms with Gasteiger partial charge in [-0.2, -0.15) is 0 Å². The zero-order valence-corrected chi connectivity index (χ0v) is 17.4. The Labute approximate surface area is 142 Å². The molecule has 0 aromatic heterocycles. The van der Waals surface area contributed by atoms with Crippen molar-refractivity contribution >= 4 is 23.1 Å². The Kier molecular flexibility index (Phi) is 8.18. The molecule has 1 rings (SSSR count). The van der Waals surface area contributed by atoms with E-state index < -0.39 is 17.0 Å². The molecule has 136 valence electrons. The van der Waals surface area contributed by atoms with Crippen LogP contribution in [0.3, 0.4) is 0 Å². The number of rotatable bonds is 8. The van der Waals surface area contributed by atoms with Gasteiger partial charge in [0.25, 0.3) is 0 Å². The van der Waals surface area contributed by atoms with Crippen molar-refractivity contribution in [1.29, 1.82) is 0 Å². The smallest absolute Gasteiger partial charge is 0.378 e. The first-order valence-corrected chi connectivity index (χ1v) is 13.5. The largest absolute Gasteiger partial charge is 0.500 e. The Balaban J connectivity index is 2.67. The zero-order chi connectivity index (χ0) is 17.5. The molecule has 7 nitrogen and oxygen atoms in total. The van der Waals surface area contributed by atoms with Gasteiger partial charge in [-0.1, -0.05) is 19.6 Å². The maximum atomic E-state index is 12.9. The number of carbonyl (C=O) groups is 1. The number of morpholine rings is 1. The van der Waals surface area contributed by atoms with Crippen LogP contribution in [0.4, 0.5) is 4.79 Å². The molecular formula is C14H32N2O5Si2. The standard InChI is InChI=1S/C14H32N2O5Si2/c1-18-23(19-2,20-3)13-7-8-16(22(4,5)6)14(17)15-9-11-21-12-10-15/h7-13H2,1-6H3. The molecule has 0 aliphatic carbocycles. The molecule has 0 N–H and O–H groups in total. The summed E-state index contributed by atoms with van der Waals surface area (Å²) >= 11 is 0. The van der Waals surface area contributed by atoms with E-state index in [0.717, 1.165) is 6.42 Å². The van der Waals surface area contributed by atoms with E-state index in [2.05, 4.69) is 24.2 Å². The maximum absolute atomic E-state index is 12.9. The quantitative estimate of drug-likeness (QED) is 0.615. The van der Waals surface area contributed by atoms with E-state index >= 15 is 0 Å². The van der Waals surface area contributed by atoms with Gasteiger partial charge in [0.15, 0.2) is 8.24 Å². The number of hydrogen-bond donors (Lipinski definition) is 0. The molecule has 1 saturated heterocycles.